The average Bonchev–Trinajstić information content (AvgIpc) is 2.96. The van der Waals surface area contributed by atoms with E-state index in [1.165, 1.54) is 0 Å². The third kappa shape index (κ3) is 2.75. The summed E-state index contributed by atoms with van der Waals surface area (Å²) < 4.78 is 22.9. The number of carbonyl (C=O) groups is 1. The predicted octanol–water partition coefficient (Wildman–Crippen LogP) is 1.95. The molecule has 1 fully saturated rings. The number of carbonyl (C=O) groups excluding carboxylic acids is 1. The maximum Gasteiger partial charge on any atom is 0.253 e. The minimum absolute atomic E-state index is 0.0280. The maximum atomic E-state index is 12.4. The summed E-state index contributed by atoms with van der Waals surface area (Å²) in [7, 11) is -2.90. The highest BCUT2D eigenvalue weighted by Crippen LogP contribution is 2.24. The highest BCUT2D eigenvalue weighted by molar-refractivity contribution is 7.91. The van der Waals surface area contributed by atoms with Gasteiger partial charge in [-0.05, 0) is 37.8 Å². The van der Waals surface area contributed by atoms with E-state index >= 15 is 0 Å². The lowest BCUT2D eigenvalue weighted by Gasteiger charge is -2.10. The molecule has 6 heteroatoms. The Kier molecular flexibility index (Phi) is 3.72. The van der Waals surface area contributed by atoms with Gasteiger partial charge in [-0.1, -0.05) is 12.1 Å². The second-order valence-corrected chi connectivity index (χ2v) is 8.31. The van der Waals surface area contributed by atoms with Crippen molar-refractivity contribution in [2.75, 3.05) is 18.1 Å². The van der Waals surface area contributed by atoms with Gasteiger partial charge in [-0.2, -0.15) is 0 Å². The summed E-state index contributed by atoms with van der Waals surface area (Å²) in [5.41, 5.74) is 3.65. The zero-order valence-corrected chi connectivity index (χ0v) is 13.6. The lowest BCUT2D eigenvalue weighted by Crippen LogP contribution is -2.30. The van der Waals surface area contributed by atoms with Gasteiger partial charge in [0.05, 0.1) is 22.6 Å². The Bertz CT molecular complexity index is 836. The van der Waals surface area contributed by atoms with Gasteiger partial charge in [0.1, 0.15) is 0 Å². The second-order valence-electron chi connectivity index (χ2n) is 6.08. The highest BCUT2D eigenvalue weighted by atomic mass is 32.2. The molecule has 0 unspecified atom stereocenters. The number of rotatable bonds is 3. The fourth-order valence-corrected chi connectivity index (χ4v) is 4.90. The number of amides is 1. The first-order valence-electron chi connectivity index (χ1n) is 7.44. The largest absolute Gasteiger partial charge is 0.358 e. The monoisotopic (exact) mass is 320 g/mol. The van der Waals surface area contributed by atoms with Crippen molar-refractivity contribution in [1.29, 1.82) is 0 Å². The molecule has 0 saturated carbocycles. The first kappa shape index (κ1) is 15.1. The van der Waals surface area contributed by atoms with Crippen LogP contribution in [0.2, 0.25) is 0 Å². The first-order valence-corrected chi connectivity index (χ1v) is 9.26. The third-order valence-electron chi connectivity index (χ3n) is 4.47. The van der Waals surface area contributed by atoms with E-state index in [0.717, 1.165) is 22.2 Å². The van der Waals surface area contributed by atoms with Gasteiger partial charge in [-0.25, -0.2) is 8.42 Å². The summed E-state index contributed by atoms with van der Waals surface area (Å²) in [5, 5.41) is 3.93. The van der Waals surface area contributed by atoms with E-state index in [-0.39, 0.29) is 23.3 Å². The Morgan fingerprint density at radius 3 is 2.82 bits per heavy atom. The van der Waals surface area contributed by atoms with Gasteiger partial charge >= 0.3 is 0 Å². The fraction of sp³-hybridized carbons (Fsp3) is 0.438. The van der Waals surface area contributed by atoms with Crippen molar-refractivity contribution in [2.24, 2.45) is 5.92 Å². The number of fused-ring (bicyclic) bond motifs is 1. The lowest BCUT2D eigenvalue weighted by atomic mass is 10.1. The first-order chi connectivity index (χ1) is 10.4. The van der Waals surface area contributed by atoms with Crippen molar-refractivity contribution in [1.82, 2.24) is 10.3 Å². The second kappa shape index (κ2) is 5.43. The molecule has 1 aliphatic heterocycles. The lowest BCUT2D eigenvalue weighted by molar-refractivity contribution is 0.0950. The Hall–Kier alpha value is -1.82. The number of aromatic nitrogens is 1. The molecule has 0 aliphatic carbocycles. The number of aromatic amines is 1. The van der Waals surface area contributed by atoms with E-state index in [1.807, 2.05) is 26.0 Å². The Morgan fingerprint density at radius 1 is 1.36 bits per heavy atom. The molecule has 0 bridgehead atoms. The van der Waals surface area contributed by atoms with Crippen LogP contribution in [0.4, 0.5) is 0 Å². The zero-order chi connectivity index (χ0) is 15.9. The number of sulfone groups is 1. The van der Waals surface area contributed by atoms with Gasteiger partial charge in [-0.3, -0.25) is 4.79 Å². The Morgan fingerprint density at radius 2 is 2.14 bits per heavy atom. The molecular formula is C16H20N2O3S. The molecule has 1 aromatic heterocycles. The topological polar surface area (TPSA) is 79.0 Å². The van der Waals surface area contributed by atoms with Crippen LogP contribution >= 0.6 is 0 Å². The predicted molar refractivity (Wildman–Crippen MR) is 86.9 cm³/mol. The quantitative estimate of drug-likeness (QED) is 0.907. The summed E-state index contributed by atoms with van der Waals surface area (Å²) in [6, 6.07) is 5.66. The molecule has 22 heavy (non-hydrogen) atoms. The number of hydrogen-bond acceptors (Lipinski definition) is 3. The van der Waals surface area contributed by atoms with Crippen LogP contribution in [0.25, 0.3) is 10.9 Å². The summed E-state index contributed by atoms with van der Waals surface area (Å²) in [4.78, 5) is 15.7. The Balaban J connectivity index is 1.77. The molecule has 2 N–H and O–H groups in total. The summed E-state index contributed by atoms with van der Waals surface area (Å²) in [6.45, 7) is 4.42. The molecule has 0 spiro atoms. The standard InChI is InChI=1S/C16H20N2O3S/c1-10-11(2)18-15-13(10)4-3-5-14(15)16(19)17-8-12-6-7-22(20,21)9-12/h3-5,12,18H,6-9H2,1-2H3,(H,17,19)/t12-/m0/s1. The van der Waals surface area contributed by atoms with Crippen molar-refractivity contribution >= 4 is 26.6 Å². The van der Waals surface area contributed by atoms with Crippen molar-refractivity contribution in [3.05, 3.63) is 35.0 Å². The summed E-state index contributed by atoms with van der Waals surface area (Å²) >= 11 is 0. The molecule has 118 valence electrons. The van der Waals surface area contributed by atoms with E-state index in [1.54, 1.807) is 6.07 Å². The molecule has 2 heterocycles. The van der Waals surface area contributed by atoms with Gasteiger partial charge < -0.3 is 10.3 Å². The van der Waals surface area contributed by atoms with Crippen LogP contribution in [0.1, 0.15) is 28.0 Å². The van der Waals surface area contributed by atoms with Crippen LogP contribution in [0.3, 0.4) is 0 Å². The molecule has 1 saturated heterocycles. The van der Waals surface area contributed by atoms with Crippen LogP contribution in [0.5, 0.6) is 0 Å². The minimum Gasteiger partial charge on any atom is -0.358 e. The number of para-hydroxylation sites is 1. The molecule has 3 rings (SSSR count). The highest BCUT2D eigenvalue weighted by Gasteiger charge is 2.28. The van der Waals surface area contributed by atoms with Crippen LogP contribution < -0.4 is 5.32 Å². The Labute approximate surface area is 130 Å². The molecule has 1 amide bonds. The maximum absolute atomic E-state index is 12.4. The number of benzene rings is 1. The average molecular weight is 320 g/mol. The van der Waals surface area contributed by atoms with Crippen LogP contribution in [0, 0.1) is 19.8 Å². The molecule has 2 aromatic rings. The van der Waals surface area contributed by atoms with Gasteiger partial charge in [0.2, 0.25) is 0 Å². The fourth-order valence-electron chi connectivity index (χ4n) is 3.04. The zero-order valence-electron chi connectivity index (χ0n) is 12.8. The number of aryl methyl sites for hydroxylation is 2. The van der Waals surface area contributed by atoms with Gasteiger partial charge in [0, 0.05) is 17.6 Å². The van der Waals surface area contributed by atoms with E-state index in [2.05, 4.69) is 10.3 Å². The van der Waals surface area contributed by atoms with Crippen LogP contribution in [0.15, 0.2) is 18.2 Å². The van der Waals surface area contributed by atoms with Crippen molar-refractivity contribution < 1.29 is 13.2 Å². The van der Waals surface area contributed by atoms with Gasteiger partial charge in [0.15, 0.2) is 9.84 Å². The summed E-state index contributed by atoms with van der Waals surface area (Å²) in [6.07, 6.45) is 0.632. The molecule has 5 nitrogen and oxygen atoms in total. The molecule has 1 aliphatic rings. The molecular weight excluding hydrogens is 300 g/mol. The molecule has 1 atom stereocenters. The van der Waals surface area contributed by atoms with E-state index in [0.29, 0.717) is 18.5 Å². The SMILES string of the molecule is Cc1[nH]c2c(C(=O)NC[C@@H]3CCS(=O)(=O)C3)cccc2c1C. The minimum atomic E-state index is -2.90. The molecule has 1 aromatic carbocycles. The molecule has 0 radical (unpaired) electrons. The number of nitrogens with one attached hydrogen (secondary N) is 2. The van der Waals surface area contributed by atoms with Gasteiger partial charge in [0.25, 0.3) is 5.91 Å². The number of H-pyrrole nitrogens is 1. The van der Waals surface area contributed by atoms with Crippen molar-refractivity contribution in [2.45, 2.75) is 20.3 Å². The van der Waals surface area contributed by atoms with Crippen molar-refractivity contribution in [3.63, 3.8) is 0 Å². The third-order valence-corrected chi connectivity index (χ3v) is 6.30. The normalized spacial score (nSPS) is 20.4. The van der Waals surface area contributed by atoms with Crippen molar-refractivity contribution in [3.8, 4) is 0 Å². The van der Waals surface area contributed by atoms with E-state index in [9.17, 15) is 13.2 Å². The number of hydrogen-bond donors (Lipinski definition) is 2. The summed E-state index contributed by atoms with van der Waals surface area (Å²) in [5.74, 6) is 0.285. The smallest absolute Gasteiger partial charge is 0.253 e. The van der Waals surface area contributed by atoms with Gasteiger partial charge in [-0.15, -0.1) is 0 Å². The van der Waals surface area contributed by atoms with Crippen LogP contribution in [-0.2, 0) is 9.84 Å². The van der Waals surface area contributed by atoms with E-state index in [4.69, 9.17) is 0 Å². The van der Waals surface area contributed by atoms with E-state index < -0.39 is 9.84 Å². The van der Waals surface area contributed by atoms with Crippen LogP contribution in [-0.4, -0.2) is 37.4 Å².